The monoisotopic (exact) mass is 450 g/mol. The lowest BCUT2D eigenvalue weighted by Crippen LogP contribution is -2.15. The van der Waals surface area contributed by atoms with Crippen molar-refractivity contribution in [2.24, 2.45) is 0 Å². The molecule has 0 saturated heterocycles. The fraction of sp³-hybridized carbons (Fsp3) is 0.320. The van der Waals surface area contributed by atoms with Crippen LogP contribution in [0.5, 0.6) is 5.75 Å². The van der Waals surface area contributed by atoms with Crippen LogP contribution in [0.25, 0.3) is 0 Å². The summed E-state index contributed by atoms with van der Waals surface area (Å²) in [6, 6.07) is 15.8. The molecule has 6 nitrogen and oxygen atoms in total. The molecule has 0 bridgehead atoms. The van der Waals surface area contributed by atoms with Crippen LogP contribution >= 0.6 is 11.8 Å². The average molecular weight is 451 g/mol. The van der Waals surface area contributed by atoms with E-state index in [2.05, 4.69) is 55.0 Å². The van der Waals surface area contributed by atoms with Crippen LogP contribution in [0.15, 0.2) is 66.3 Å². The summed E-state index contributed by atoms with van der Waals surface area (Å²) < 4.78 is 7.85. The molecule has 1 amide bonds. The van der Waals surface area contributed by atoms with Gasteiger partial charge < -0.3 is 10.1 Å². The smallest absolute Gasteiger partial charge is 0.234 e. The second-order valence-corrected chi connectivity index (χ2v) is 9.51. The van der Waals surface area contributed by atoms with Crippen LogP contribution < -0.4 is 10.1 Å². The van der Waals surface area contributed by atoms with Crippen LogP contribution in [0.2, 0.25) is 0 Å². The van der Waals surface area contributed by atoms with Gasteiger partial charge in [-0.3, -0.25) is 9.36 Å². The molecule has 0 aliphatic carbocycles. The Balaban J connectivity index is 1.60. The number of nitrogens with zero attached hydrogens (tertiary/aromatic N) is 3. The number of aromatic nitrogens is 3. The molecule has 1 heterocycles. The highest BCUT2D eigenvalue weighted by molar-refractivity contribution is 7.99. The van der Waals surface area contributed by atoms with E-state index in [0.29, 0.717) is 17.5 Å². The first-order chi connectivity index (χ1) is 15.3. The molecule has 32 heavy (non-hydrogen) atoms. The molecular weight excluding hydrogens is 420 g/mol. The van der Waals surface area contributed by atoms with Gasteiger partial charge in [0, 0.05) is 12.2 Å². The zero-order valence-electron chi connectivity index (χ0n) is 19.1. The maximum absolute atomic E-state index is 12.3. The molecule has 0 fully saturated rings. The predicted octanol–water partition coefficient (Wildman–Crippen LogP) is 5.38. The van der Waals surface area contributed by atoms with Gasteiger partial charge in [0.15, 0.2) is 11.0 Å². The van der Waals surface area contributed by atoms with Gasteiger partial charge in [0.2, 0.25) is 5.91 Å². The van der Waals surface area contributed by atoms with Crippen LogP contribution in [-0.2, 0) is 23.4 Å². The van der Waals surface area contributed by atoms with Crippen molar-refractivity contribution in [2.45, 2.75) is 51.4 Å². The van der Waals surface area contributed by atoms with Gasteiger partial charge in [0.25, 0.3) is 0 Å². The van der Waals surface area contributed by atoms with Gasteiger partial charge in [-0.2, -0.15) is 0 Å². The number of thioether (sulfide) groups is 1. The van der Waals surface area contributed by atoms with Crippen molar-refractivity contribution in [2.75, 3.05) is 11.1 Å². The molecule has 3 aromatic rings. The topological polar surface area (TPSA) is 69.0 Å². The normalized spacial score (nSPS) is 11.2. The molecule has 0 spiro atoms. The standard InChI is InChI=1S/C25H30N4O2S/c1-6-15-29-22(16-31-21-13-9-19(10-14-21)25(3,4)5)27-28-24(29)32-17-23(30)26-20-11-7-18(2)8-12-20/h6-14H,1,15-17H2,2-5H3,(H,26,30). The lowest BCUT2D eigenvalue weighted by Gasteiger charge is -2.19. The number of amides is 1. The van der Waals surface area contributed by atoms with Crippen LogP contribution in [-0.4, -0.2) is 26.4 Å². The number of ether oxygens (including phenoxy) is 1. The highest BCUT2D eigenvalue weighted by Gasteiger charge is 2.15. The van der Waals surface area contributed by atoms with E-state index in [9.17, 15) is 4.79 Å². The summed E-state index contributed by atoms with van der Waals surface area (Å²) in [5, 5.41) is 12.1. The molecule has 0 aliphatic heterocycles. The van der Waals surface area contributed by atoms with Crippen LogP contribution in [0.1, 0.15) is 37.7 Å². The van der Waals surface area contributed by atoms with E-state index < -0.39 is 0 Å². The van der Waals surface area contributed by atoms with E-state index in [1.165, 1.54) is 17.3 Å². The lowest BCUT2D eigenvalue weighted by molar-refractivity contribution is -0.113. The Morgan fingerprint density at radius 2 is 1.81 bits per heavy atom. The van der Waals surface area contributed by atoms with E-state index in [1.807, 2.05) is 47.9 Å². The number of benzene rings is 2. The molecule has 1 aromatic heterocycles. The third-order valence-electron chi connectivity index (χ3n) is 4.86. The van der Waals surface area contributed by atoms with Gasteiger partial charge >= 0.3 is 0 Å². The van der Waals surface area contributed by atoms with Gasteiger partial charge in [-0.1, -0.05) is 68.4 Å². The summed E-state index contributed by atoms with van der Waals surface area (Å²) in [4.78, 5) is 12.3. The number of carbonyl (C=O) groups is 1. The molecule has 0 atom stereocenters. The Kier molecular flexibility index (Phi) is 7.75. The highest BCUT2D eigenvalue weighted by atomic mass is 32.2. The summed E-state index contributed by atoms with van der Waals surface area (Å²) in [7, 11) is 0. The highest BCUT2D eigenvalue weighted by Crippen LogP contribution is 2.25. The van der Waals surface area contributed by atoms with E-state index in [4.69, 9.17) is 4.74 Å². The number of aryl methyl sites for hydroxylation is 1. The summed E-state index contributed by atoms with van der Waals surface area (Å²) >= 11 is 1.34. The van der Waals surface area contributed by atoms with Crippen molar-refractivity contribution in [3.8, 4) is 5.75 Å². The number of nitrogens with one attached hydrogen (secondary N) is 1. The van der Waals surface area contributed by atoms with Gasteiger partial charge in [0.1, 0.15) is 12.4 Å². The molecule has 0 radical (unpaired) electrons. The Morgan fingerprint density at radius 1 is 1.12 bits per heavy atom. The number of carbonyl (C=O) groups excluding carboxylic acids is 1. The Labute approximate surface area is 194 Å². The van der Waals surface area contributed by atoms with E-state index in [0.717, 1.165) is 17.0 Å². The Bertz CT molecular complexity index is 1050. The van der Waals surface area contributed by atoms with Gasteiger partial charge in [-0.05, 0) is 42.2 Å². The van der Waals surface area contributed by atoms with Gasteiger partial charge in [-0.15, -0.1) is 16.8 Å². The SMILES string of the molecule is C=CCn1c(COc2ccc(C(C)(C)C)cc2)nnc1SCC(=O)Nc1ccc(C)cc1. The minimum atomic E-state index is -0.0938. The van der Waals surface area contributed by atoms with Gasteiger partial charge in [-0.25, -0.2) is 0 Å². The summed E-state index contributed by atoms with van der Waals surface area (Å²) in [6.07, 6.45) is 1.78. The molecule has 0 saturated carbocycles. The molecular formula is C25H30N4O2S. The maximum Gasteiger partial charge on any atom is 0.234 e. The number of rotatable bonds is 9. The molecule has 168 valence electrons. The predicted molar refractivity (Wildman–Crippen MR) is 130 cm³/mol. The van der Waals surface area contributed by atoms with E-state index >= 15 is 0 Å². The summed E-state index contributed by atoms with van der Waals surface area (Å²) in [5.74, 6) is 1.60. The average Bonchev–Trinajstić information content (AvgIpc) is 3.14. The number of hydrogen-bond donors (Lipinski definition) is 1. The van der Waals surface area contributed by atoms with Crippen molar-refractivity contribution in [3.63, 3.8) is 0 Å². The van der Waals surface area contributed by atoms with Crippen molar-refractivity contribution >= 4 is 23.4 Å². The maximum atomic E-state index is 12.3. The minimum absolute atomic E-state index is 0.0938. The van der Waals surface area contributed by atoms with Crippen molar-refractivity contribution in [3.05, 3.63) is 78.1 Å². The first-order valence-corrected chi connectivity index (χ1v) is 11.5. The number of anilines is 1. The van der Waals surface area contributed by atoms with E-state index in [-0.39, 0.29) is 23.7 Å². The van der Waals surface area contributed by atoms with Crippen molar-refractivity contribution < 1.29 is 9.53 Å². The van der Waals surface area contributed by atoms with Crippen LogP contribution in [0.3, 0.4) is 0 Å². The fourth-order valence-corrected chi connectivity index (χ4v) is 3.77. The second-order valence-electron chi connectivity index (χ2n) is 8.56. The third-order valence-corrected chi connectivity index (χ3v) is 5.83. The zero-order chi connectivity index (χ0) is 23.1. The molecule has 0 unspecified atom stereocenters. The first-order valence-electron chi connectivity index (χ1n) is 10.5. The molecule has 0 aliphatic rings. The Hall–Kier alpha value is -3.06. The summed E-state index contributed by atoms with van der Waals surface area (Å²) in [6.45, 7) is 13.2. The first kappa shape index (κ1) is 23.6. The molecule has 7 heteroatoms. The van der Waals surface area contributed by atoms with Crippen molar-refractivity contribution in [1.82, 2.24) is 14.8 Å². The number of allylic oxidation sites excluding steroid dienone is 1. The van der Waals surface area contributed by atoms with Crippen LogP contribution in [0, 0.1) is 6.92 Å². The summed E-state index contributed by atoms with van der Waals surface area (Å²) in [5.41, 5.74) is 3.28. The lowest BCUT2D eigenvalue weighted by atomic mass is 9.87. The van der Waals surface area contributed by atoms with Gasteiger partial charge in [0.05, 0.1) is 5.75 Å². The Morgan fingerprint density at radius 3 is 2.44 bits per heavy atom. The minimum Gasteiger partial charge on any atom is -0.486 e. The quantitative estimate of drug-likeness (QED) is 0.350. The fourth-order valence-electron chi connectivity index (χ4n) is 3.01. The van der Waals surface area contributed by atoms with Crippen LogP contribution in [0.4, 0.5) is 5.69 Å². The second kappa shape index (κ2) is 10.5. The molecule has 1 N–H and O–H groups in total. The van der Waals surface area contributed by atoms with E-state index in [1.54, 1.807) is 6.08 Å². The zero-order valence-corrected chi connectivity index (χ0v) is 19.9. The molecule has 3 rings (SSSR count). The van der Waals surface area contributed by atoms with Crippen molar-refractivity contribution in [1.29, 1.82) is 0 Å². The number of hydrogen-bond acceptors (Lipinski definition) is 5. The third kappa shape index (κ3) is 6.47. The largest absolute Gasteiger partial charge is 0.486 e. The molecule has 2 aromatic carbocycles.